The van der Waals surface area contributed by atoms with Gasteiger partial charge in [0.05, 0.1) is 17.2 Å². The van der Waals surface area contributed by atoms with Gasteiger partial charge in [-0.15, -0.1) is 0 Å². The first-order chi connectivity index (χ1) is 18.3. The normalized spacial score (nSPS) is 16.2. The number of likely N-dealkylation sites (tertiary alicyclic amines) is 1. The maximum Gasteiger partial charge on any atom is 0.416 e. The standard InChI is InChI=1S/C29H32F3N3O4/c1-19-33-16-24(26(36)35(19)22-11-8-14-34(17-22)27(37)39-28(2,3)4)23-13-12-21(29(30,31)32)15-25(23)38-18-20-9-6-5-7-10-20/h5-7,9-10,12-13,15-16,22H,8,11,14,17-18H2,1-4H3/t22-/m1/s1. The summed E-state index contributed by atoms with van der Waals surface area (Å²) in [6.45, 7) is 7.84. The van der Waals surface area contributed by atoms with E-state index in [0.29, 0.717) is 25.2 Å². The minimum absolute atomic E-state index is 0.0239. The van der Waals surface area contributed by atoms with Gasteiger partial charge < -0.3 is 14.4 Å². The van der Waals surface area contributed by atoms with Crippen LogP contribution in [0.25, 0.3) is 11.1 Å². The quantitative estimate of drug-likeness (QED) is 0.373. The number of hydrogen-bond donors (Lipinski definition) is 0. The first kappa shape index (κ1) is 28.2. The number of aryl methyl sites for hydroxylation is 1. The predicted molar refractivity (Wildman–Crippen MR) is 141 cm³/mol. The van der Waals surface area contributed by atoms with Gasteiger partial charge in [-0.2, -0.15) is 13.2 Å². The molecule has 4 rings (SSSR count). The number of nitrogens with zero attached hydrogens (tertiary/aromatic N) is 3. The third-order valence-corrected chi connectivity index (χ3v) is 6.43. The Labute approximate surface area is 225 Å². The third-order valence-electron chi connectivity index (χ3n) is 6.43. The van der Waals surface area contributed by atoms with Gasteiger partial charge in [-0.3, -0.25) is 9.36 Å². The number of alkyl halides is 3. The van der Waals surface area contributed by atoms with Crippen LogP contribution in [0.3, 0.4) is 0 Å². The van der Waals surface area contributed by atoms with Crippen LogP contribution in [-0.2, 0) is 17.5 Å². The maximum absolute atomic E-state index is 13.8. The van der Waals surface area contributed by atoms with Gasteiger partial charge in [-0.25, -0.2) is 9.78 Å². The number of amides is 1. The zero-order chi connectivity index (χ0) is 28.4. The Balaban J connectivity index is 1.70. The number of benzene rings is 2. The molecule has 2 aromatic carbocycles. The average Bonchev–Trinajstić information content (AvgIpc) is 2.87. The summed E-state index contributed by atoms with van der Waals surface area (Å²) in [5.41, 5.74) is -0.851. The Bertz CT molecular complexity index is 1380. The van der Waals surface area contributed by atoms with E-state index in [4.69, 9.17) is 9.47 Å². The molecule has 0 N–H and O–H groups in total. The highest BCUT2D eigenvalue weighted by molar-refractivity contribution is 5.70. The van der Waals surface area contributed by atoms with Crippen molar-refractivity contribution < 1.29 is 27.4 Å². The predicted octanol–water partition coefficient (Wildman–Crippen LogP) is 6.39. The molecule has 1 amide bonds. The van der Waals surface area contributed by atoms with Crippen LogP contribution in [0.15, 0.2) is 59.5 Å². The van der Waals surface area contributed by atoms with E-state index in [-0.39, 0.29) is 36.1 Å². The molecule has 1 saturated heterocycles. The average molecular weight is 544 g/mol. The highest BCUT2D eigenvalue weighted by Gasteiger charge is 2.33. The number of carbonyl (C=O) groups is 1. The number of ether oxygens (including phenoxy) is 2. The fourth-order valence-corrected chi connectivity index (χ4v) is 4.60. The molecule has 1 atom stereocenters. The number of aromatic nitrogens is 2. The zero-order valence-electron chi connectivity index (χ0n) is 22.4. The van der Waals surface area contributed by atoms with Crippen molar-refractivity contribution in [2.45, 2.75) is 65.0 Å². The lowest BCUT2D eigenvalue weighted by atomic mass is 10.0. The van der Waals surface area contributed by atoms with Gasteiger partial charge in [0.2, 0.25) is 0 Å². The lowest BCUT2D eigenvalue weighted by Gasteiger charge is -2.35. The van der Waals surface area contributed by atoms with Crippen LogP contribution in [0.1, 0.15) is 56.6 Å². The fourth-order valence-electron chi connectivity index (χ4n) is 4.60. The number of halogens is 3. The van der Waals surface area contributed by atoms with E-state index >= 15 is 0 Å². The molecule has 1 aliphatic heterocycles. The molecule has 39 heavy (non-hydrogen) atoms. The third kappa shape index (κ3) is 6.79. The summed E-state index contributed by atoms with van der Waals surface area (Å²) in [7, 11) is 0. The molecule has 0 saturated carbocycles. The molecule has 1 aliphatic rings. The van der Waals surface area contributed by atoms with Gasteiger partial charge in [-0.1, -0.05) is 30.3 Å². The summed E-state index contributed by atoms with van der Waals surface area (Å²) in [6.07, 6.45) is -2.38. The minimum Gasteiger partial charge on any atom is -0.488 e. The van der Waals surface area contributed by atoms with Crippen molar-refractivity contribution in [2.24, 2.45) is 0 Å². The second-order valence-corrected chi connectivity index (χ2v) is 10.6. The van der Waals surface area contributed by atoms with Crippen molar-refractivity contribution in [1.82, 2.24) is 14.5 Å². The summed E-state index contributed by atoms with van der Waals surface area (Å²) >= 11 is 0. The molecule has 0 aliphatic carbocycles. The Kier molecular flexibility index (Phi) is 8.04. The number of rotatable bonds is 5. The first-order valence-corrected chi connectivity index (χ1v) is 12.8. The Morgan fingerprint density at radius 2 is 1.79 bits per heavy atom. The fraction of sp³-hybridized carbons (Fsp3) is 0.414. The topological polar surface area (TPSA) is 73.7 Å². The summed E-state index contributed by atoms with van der Waals surface area (Å²) in [6, 6.07) is 11.8. The molecular formula is C29H32F3N3O4. The van der Waals surface area contributed by atoms with Gasteiger partial charge in [-0.05, 0) is 64.3 Å². The molecule has 2 heterocycles. The molecule has 0 bridgehead atoms. The van der Waals surface area contributed by atoms with Gasteiger partial charge in [0.15, 0.2) is 0 Å². The van der Waals surface area contributed by atoms with Crippen molar-refractivity contribution >= 4 is 6.09 Å². The van der Waals surface area contributed by atoms with Crippen LogP contribution >= 0.6 is 0 Å². The Morgan fingerprint density at radius 1 is 1.08 bits per heavy atom. The van der Waals surface area contributed by atoms with E-state index < -0.39 is 29.0 Å². The largest absolute Gasteiger partial charge is 0.488 e. The summed E-state index contributed by atoms with van der Waals surface area (Å²) in [5.74, 6) is 0.375. The number of hydrogen-bond acceptors (Lipinski definition) is 5. The molecule has 1 aromatic heterocycles. The van der Waals surface area contributed by atoms with E-state index in [0.717, 1.165) is 17.7 Å². The van der Waals surface area contributed by atoms with E-state index in [1.807, 2.05) is 6.07 Å². The van der Waals surface area contributed by atoms with E-state index in [1.165, 1.54) is 16.8 Å². The van der Waals surface area contributed by atoms with Crippen LogP contribution in [0.5, 0.6) is 5.75 Å². The minimum atomic E-state index is -4.58. The summed E-state index contributed by atoms with van der Waals surface area (Å²) < 4.78 is 53.5. The molecule has 208 valence electrons. The van der Waals surface area contributed by atoms with Crippen molar-refractivity contribution in [3.8, 4) is 16.9 Å². The van der Waals surface area contributed by atoms with E-state index in [1.54, 1.807) is 56.9 Å². The molecule has 10 heteroatoms. The highest BCUT2D eigenvalue weighted by atomic mass is 19.4. The van der Waals surface area contributed by atoms with Crippen LogP contribution in [0.4, 0.5) is 18.0 Å². The summed E-state index contributed by atoms with van der Waals surface area (Å²) in [4.78, 5) is 32.5. The molecular weight excluding hydrogens is 511 g/mol. The van der Waals surface area contributed by atoms with Crippen LogP contribution in [-0.4, -0.2) is 39.2 Å². The molecule has 7 nitrogen and oxygen atoms in total. The SMILES string of the molecule is Cc1ncc(-c2ccc(C(F)(F)F)cc2OCc2ccccc2)c(=O)n1[C@@H]1CCCN(C(=O)OC(C)(C)C)C1. The number of carbonyl (C=O) groups excluding carboxylic acids is 1. The smallest absolute Gasteiger partial charge is 0.416 e. The van der Waals surface area contributed by atoms with Crippen molar-refractivity contribution in [2.75, 3.05) is 13.1 Å². The molecule has 0 unspecified atom stereocenters. The van der Waals surface area contributed by atoms with Gasteiger partial charge in [0.1, 0.15) is 23.8 Å². The van der Waals surface area contributed by atoms with Crippen LogP contribution in [0.2, 0.25) is 0 Å². The van der Waals surface area contributed by atoms with Crippen LogP contribution < -0.4 is 10.3 Å². The van der Waals surface area contributed by atoms with Crippen LogP contribution in [0, 0.1) is 6.92 Å². The van der Waals surface area contributed by atoms with Gasteiger partial charge in [0, 0.05) is 24.8 Å². The molecule has 1 fully saturated rings. The number of piperidine rings is 1. The Morgan fingerprint density at radius 3 is 2.46 bits per heavy atom. The molecule has 3 aromatic rings. The van der Waals surface area contributed by atoms with Gasteiger partial charge in [0.25, 0.3) is 5.56 Å². The summed E-state index contributed by atoms with van der Waals surface area (Å²) in [5, 5.41) is 0. The van der Waals surface area contributed by atoms with Crippen molar-refractivity contribution in [3.63, 3.8) is 0 Å². The van der Waals surface area contributed by atoms with Crippen molar-refractivity contribution in [1.29, 1.82) is 0 Å². The molecule has 0 spiro atoms. The van der Waals surface area contributed by atoms with Crippen molar-refractivity contribution in [3.05, 3.63) is 82.0 Å². The zero-order valence-corrected chi connectivity index (χ0v) is 22.4. The monoisotopic (exact) mass is 543 g/mol. The lowest BCUT2D eigenvalue weighted by Crippen LogP contribution is -2.45. The van der Waals surface area contributed by atoms with E-state index in [9.17, 15) is 22.8 Å². The Hall–Kier alpha value is -3.82. The van der Waals surface area contributed by atoms with E-state index in [2.05, 4.69) is 4.98 Å². The first-order valence-electron chi connectivity index (χ1n) is 12.8. The maximum atomic E-state index is 13.8. The highest BCUT2D eigenvalue weighted by Crippen LogP contribution is 2.37. The second kappa shape index (κ2) is 11.1. The lowest BCUT2D eigenvalue weighted by molar-refractivity contribution is -0.137. The molecule has 0 radical (unpaired) electrons. The second-order valence-electron chi connectivity index (χ2n) is 10.6. The van der Waals surface area contributed by atoms with Gasteiger partial charge >= 0.3 is 12.3 Å².